The van der Waals surface area contributed by atoms with Crippen molar-refractivity contribution >= 4 is 12.2 Å². The SMILES string of the molecule is O=C(O)COC1CCN(CC2CC(c3ccc(C=NN4CCCCC4)cc3)NO2)CC1. The first-order valence-electron chi connectivity index (χ1n) is 11.5. The maximum absolute atomic E-state index is 10.6. The normalized spacial score (nSPS) is 26.0. The fourth-order valence-electron chi connectivity index (χ4n) is 4.54. The van der Waals surface area contributed by atoms with Crippen molar-refractivity contribution in [1.29, 1.82) is 0 Å². The van der Waals surface area contributed by atoms with Gasteiger partial charge in [0, 0.05) is 32.7 Å². The van der Waals surface area contributed by atoms with E-state index < -0.39 is 5.97 Å². The van der Waals surface area contributed by atoms with Crippen LogP contribution in [0.2, 0.25) is 0 Å². The van der Waals surface area contributed by atoms with Gasteiger partial charge in [-0.25, -0.2) is 4.79 Å². The van der Waals surface area contributed by atoms with Crippen LogP contribution in [0.25, 0.3) is 0 Å². The molecule has 31 heavy (non-hydrogen) atoms. The van der Waals surface area contributed by atoms with Gasteiger partial charge in [0.25, 0.3) is 0 Å². The molecule has 8 nitrogen and oxygen atoms in total. The summed E-state index contributed by atoms with van der Waals surface area (Å²) in [5.41, 5.74) is 5.56. The van der Waals surface area contributed by atoms with Crippen LogP contribution in [0.1, 0.15) is 55.7 Å². The van der Waals surface area contributed by atoms with Crippen molar-refractivity contribution in [2.24, 2.45) is 5.10 Å². The lowest BCUT2D eigenvalue weighted by atomic mass is 10.0. The molecule has 0 aromatic heterocycles. The van der Waals surface area contributed by atoms with E-state index in [-0.39, 0.29) is 24.9 Å². The molecule has 3 aliphatic rings. The van der Waals surface area contributed by atoms with Gasteiger partial charge in [-0.15, -0.1) is 0 Å². The Bertz CT molecular complexity index is 728. The minimum Gasteiger partial charge on any atom is -0.480 e. The van der Waals surface area contributed by atoms with E-state index in [1.165, 1.54) is 24.8 Å². The molecule has 2 unspecified atom stereocenters. The van der Waals surface area contributed by atoms with E-state index >= 15 is 0 Å². The molecule has 2 atom stereocenters. The molecular weight excluding hydrogens is 396 g/mol. The van der Waals surface area contributed by atoms with Crippen LogP contribution < -0.4 is 5.48 Å². The lowest BCUT2D eigenvalue weighted by molar-refractivity contribution is -0.145. The van der Waals surface area contributed by atoms with Crippen molar-refractivity contribution in [3.63, 3.8) is 0 Å². The summed E-state index contributed by atoms with van der Waals surface area (Å²) in [6, 6.07) is 8.77. The van der Waals surface area contributed by atoms with Crippen molar-refractivity contribution in [3.05, 3.63) is 35.4 Å². The number of carboxylic acid groups (broad SMARTS) is 1. The molecule has 1 aromatic rings. The number of benzene rings is 1. The van der Waals surface area contributed by atoms with E-state index in [2.05, 4.69) is 44.8 Å². The summed E-state index contributed by atoms with van der Waals surface area (Å²) in [7, 11) is 0. The predicted molar refractivity (Wildman–Crippen MR) is 118 cm³/mol. The zero-order valence-corrected chi connectivity index (χ0v) is 18.1. The topological polar surface area (TPSA) is 86.6 Å². The number of hydroxylamine groups is 1. The number of carbonyl (C=O) groups is 1. The third-order valence-electron chi connectivity index (χ3n) is 6.36. The lowest BCUT2D eigenvalue weighted by Crippen LogP contribution is -2.41. The lowest BCUT2D eigenvalue weighted by Gasteiger charge is -2.32. The van der Waals surface area contributed by atoms with Crippen LogP contribution in [-0.4, -0.2) is 78.7 Å². The Labute approximate surface area is 184 Å². The average Bonchev–Trinajstić information content (AvgIpc) is 3.27. The highest BCUT2D eigenvalue weighted by Crippen LogP contribution is 2.27. The Balaban J connectivity index is 1.19. The van der Waals surface area contributed by atoms with Crippen LogP contribution in [-0.2, 0) is 14.4 Å². The van der Waals surface area contributed by atoms with E-state index in [1.807, 2.05) is 6.21 Å². The molecule has 0 radical (unpaired) electrons. The summed E-state index contributed by atoms with van der Waals surface area (Å²) in [6.07, 6.45) is 8.65. The number of piperidine rings is 2. The van der Waals surface area contributed by atoms with E-state index in [9.17, 15) is 4.79 Å². The van der Waals surface area contributed by atoms with Crippen molar-refractivity contribution in [2.45, 2.75) is 56.8 Å². The van der Waals surface area contributed by atoms with Crippen LogP contribution in [0.3, 0.4) is 0 Å². The Morgan fingerprint density at radius 3 is 2.61 bits per heavy atom. The van der Waals surface area contributed by atoms with Gasteiger partial charge in [-0.3, -0.25) is 9.85 Å². The summed E-state index contributed by atoms with van der Waals surface area (Å²) in [4.78, 5) is 18.9. The summed E-state index contributed by atoms with van der Waals surface area (Å²) in [5.74, 6) is -0.902. The van der Waals surface area contributed by atoms with Gasteiger partial charge in [0.1, 0.15) is 6.61 Å². The molecular formula is C23H34N4O4. The maximum atomic E-state index is 10.6. The fraction of sp³-hybridized carbons (Fsp3) is 0.652. The molecule has 0 spiro atoms. The first-order chi connectivity index (χ1) is 15.2. The number of nitrogens with zero attached hydrogens (tertiary/aromatic N) is 3. The molecule has 3 heterocycles. The van der Waals surface area contributed by atoms with Gasteiger partial charge in [0.2, 0.25) is 0 Å². The molecule has 4 rings (SSSR count). The molecule has 3 fully saturated rings. The highest BCUT2D eigenvalue weighted by atomic mass is 16.7. The number of aliphatic carboxylic acids is 1. The van der Waals surface area contributed by atoms with Gasteiger partial charge < -0.3 is 14.7 Å². The van der Waals surface area contributed by atoms with Crippen LogP contribution in [0.4, 0.5) is 0 Å². The Kier molecular flexibility index (Phi) is 7.91. The number of nitrogens with one attached hydrogen (secondary N) is 1. The number of hydrogen-bond donors (Lipinski definition) is 2. The van der Waals surface area contributed by atoms with Crippen LogP contribution in [0.5, 0.6) is 0 Å². The van der Waals surface area contributed by atoms with Gasteiger partial charge >= 0.3 is 5.97 Å². The molecule has 0 aliphatic carbocycles. The number of likely N-dealkylation sites (tertiary alicyclic amines) is 1. The van der Waals surface area contributed by atoms with Crippen molar-refractivity contribution in [2.75, 3.05) is 39.3 Å². The molecule has 1 aromatic carbocycles. The zero-order valence-electron chi connectivity index (χ0n) is 18.1. The molecule has 0 amide bonds. The van der Waals surface area contributed by atoms with E-state index in [1.54, 1.807) is 0 Å². The second-order valence-electron chi connectivity index (χ2n) is 8.78. The third kappa shape index (κ3) is 6.74. The van der Waals surface area contributed by atoms with Gasteiger partial charge in [-0.2, -0.15) is 10.6 Å². The highest BCUT2D eigenvalue weighted by molar-refractivity contribution is 5.79. The second kappa shape index (κ2) is 11.0. The molecule has 8 heteroatoms. The maximum Gasteiger partial charge on any atom is 0.329 e. The molecule has 0 saturated carbocycles. The molecule has 3 saturated heterocycles. The van der Waals surface area contributed by atoms with Gasteiger partial charge in [0.15, 0.2) is 0 Å². The predicted octanol–water partition coefficient (Wildman–Crippen LogP) is 2.41. The van der Waals surface area contributed by atoms with Crippen LogP contribution in [0, 0.1) is 0 Å². The largest absolute Gasteiger partial charge is 0.480 e. The summed E-state index contributed by atoms with van der Waals surface area (Å²) < 4.78 is 5.42. The minimum absolute atomic E-state index is 0.0553. The summed E-state index contributed by atoms with van der Waals surface area (Å²) in [6.45, 7) is 4.64. The first-order valence-corrected chi connectivity index (χ1v) is 11.5. The average molecular weight is 431 g/mol. The first kappa shape index (κ1) is 22.2. The summed E-state index contributed by atoms with van der Waals surface area (Å²) in [5, 5.41) is 15.5. The van der Waals surface area contributed by atoms with Gasteiger partial charge in [-0.05, 0) is 49.7 Å². The number of carboxylic acids is 1. The van der Waals surface area contributed by atoms with Crippen LogP contribution >= 0.6 is 0 Å². The number of hydrogen-bond acceptors (Lipinski definition) is 7. The smallest absolute Gasteiger partial charge is 0.329 e. The molecule has 2 N–H and O–H groups in total. The number of rotatable bonds is 8. The van der Waals surface area contributed by atoms with Crippen molar-refractivity contribution < 1.29 is 19.5 Å². The number of ether oxygens (including phenoxy) is 1. The van der Waals surface area contributed by atoms with Crippen LogP contribution in [0.15, 0.2) is 29.4 Å². The van der Waals surface area contributed by atoms with Gasteiger partial charge in [-0.1, -0.05) is 24.3 Å². The monoisotopic (exact) mass is 430 g/mol. The number of hydrazone groups is 1. The second-order valence-corrected chi connectivity index (χ2v) is 8.78. The quantitative estimate of drug-likeness (QED) is 0.613. The molecule has 0 bridgehead atoms. The highest BCUT2D eigenvalue weighted by Gasteiger charge is 2.30. The standard InChI is InChI=1S/C23H34N4O4/c28-23(29)17-30-20-8-12-26(13-9-20)16-21-14-22(25-31-21)19-6-4-18(5-7-19)15-24-27-10-2-1-3-11-27/h4-7,15,20-22,25H,1-3,8-14,16-17H2,(H,28,29). The minimum atomic E-state index is -0.902. The van der Waals surface area contributed by atoms with Gasteiger partial charge in [0.05, 0.1) is 24.5 Å². The van der Waals surface area contributed by atoms with E-state index in [4.69, 9.17) is 14.7 Å². The van der Waals surface area contributed by atoms with E-state index in [0.717, 1.165) is 57.5 Å². The Morgan fingerprint density at radius 2 is 1.90 bits per heavy atom. The van der Waals surface area contributed by atoms with E-state index in [0.29, 0.717) is 0 Å². The van der Waals surface area contributed by atoms with Crippen molar-refractivity contribution in [3.8, 4) is 0 Å². The molecule has 3 aliphatic heterocycles. The van der Waals surface area contributed by atoms with Crippen molar-refractivity contribution in [1.82, 2.24) is 15.4 Å². The zero-order chi connectivity index (χ0) is 21.5. The Hall–Kier alpha value is -2.00. The molecule has 170 valence electrons. The Morgan fingerprint density at radius 1 is 1.16 bits per heavy atom. The third-order valence-corrected chi connectivity index (χ3v) is 6.36. The summed E-state index contributed by atoms with van der Waals surface area (Å²) >= 11 is 0. The fourth-order valence-corrected chi connectivity index (χ4v) is 4.54.